The molecule has 11 aromatic rings. The van der Waals surface area contributed by atoms with Crippen LogP contribution in [0.1, 0.15) is 23.6 Å². The number of hydrogen-bond donors (Lipinski definition) is 0. The zero-order valence-electron chi connectivity index (χ0n) is 34.7. The van der Waals surface area contributed by atoms with E-state index in [9.17, 15) is 0 Å². The van der Waals surface area contributed by atoms with Gasteiger partial charge in [0.25, 0.3) is 0 Å². The average Bonchev–Trinajstić information content (AvgIpc) is 3.87. The van der Waals surface area contributed by atoms with E-state index in [1.807, 2.05) is 17.4 Å². The van der Waals surface area contributed by atoms with Crippen LogP contribution in [0.25, 0.3) is 98.6 Å². The lowest BCUT2D eigenvalue weighted by molar-refractivity contribution is 0.714. The SMILES string of the molecule is CC1(c2ccccc2)c2ccccc2-c2cc(-c3cc(-c4cc(-c5cccc(-c6ccccc6)c5)cc(-c5ccc6sc7ccccc7c6c5)c4)nc(-c4ccccc4)n3)ccc21. The van der Waals surface area contributed by atoms with Crippen LogP contribution in [0.5, 0.6) is 0 Å². The van der Waals surface area contributed by atoms with Gasteiger partial charge in [-0.2, -0.15) is 0 Å². The lowest BCUT2D eigenvalue weighted by Gasteiger charge is -2.28. The second kappa shape index (κ2) is 15.0. The maximum absolute atomic E-state index is 5.38. The van der Waals surface area contributed by atoms with E-state index in [4.69, 9.17) is 9.97 Å². The zero-order chi connectivity index (χ0) is 41.9. The number of benzene rings is 9. The standard InChI is InChI=1S/C60H40N2S/c1-60(48-22-9-4-10-23-48)53-26-13-11-24-49(53)51-37-44(28-30-54(51)60)55-38-56(62-59(61-55)40-18-7-3-8-19-40)47-34-45(42-21-15-20-41(32-42)39-16-5-2-6-17-39)33-46(35-47)43-29-31-58-52(36-43)50-25-12-14-27-57(50)63-58/h2-38H,1H3. The maximum atomic E-state index is 5.38. The minimum Gasteiger partial charge on any atom is -0.228 e. The number of hydrogen-bond acceptors (Lipinski definition) is 3. The largest absolute Gasteiger partial charge is 0.228 e. The van der Waals surface area contributed by atoms with E-state index in [0.717, 1.165) is 44.8 Å². The Bertz CT molecular complexity index is 3520. The Morgan fingerprint density at radius 2 is 0.873 bits per heavy atom. The number of thiophene rings is 1. The highest BCUT2D eigenvalue weighted by Crippen LogP contribution is 2.53. The van der Waals surface area contributed by atoms with Gasteiger partial charge in [0.1, 0.15) is 0 Å². The van der Waals surface area contributed by atoms with Crippen LogP contribution in [0, 0.1) is 0 Å². The molecule has 3 heteroatoms. The fourth-order valence-corrected chi connectivity index (χ4v) is 10.8. The molecule has 296 valence electrons. The van der Waals surface area contributed by atoms with Gasteiger partial charge in [0.05, 0.1) is 11.4 Å². The third kappa shape index (κ3) is 6.40. The van der Waals surface area contributed by atoms with Crippen molar-refractivity contribution in [1.29, 1.82) is 0 Å². The van der Waals surface area contributed by atoms with Gasteiger partial charge in [0, 0.05) is 42.3 Å². The molecule has 0 saturated carbocycles. The smallest absolute Gasteiger partial charge is 0.160 e. The van der Waals surface area contributed by atoms with E-state index in [-0.39, 0.29) is 5.41 Å². The van der Waals surface area contributed by atoms with Gasteiger partial charge in [-0.05, 0) is 123 Å². The van der Waals surface area contributed by atoms with Crippen LogP contribution in [-0.2, 0) is 5.41 Å². The van der Waals surface area contributed by atoms with E-state index >= 15 is 0 Å². The van der Waals surface area contributed by atoms with Crippen LogP contribution in [-0.4, -0.2) is 9.97 Å². The minimum absolute atomic E-state index is 0.273. The molecule has 0 N–H and O–H groups in total. The van der Waals surface area contributed by atoms with E-state index in [0.29, 0.717) is 5.82 Å². The summed E-state index contributed by atoms with van der Waals surface area (Å²) in [5.74, 6) is 0.697. The molecule has 0 saturated heterocycles. The lowest BCUT2D eigenvalue weighted by atomic mass is 9.74. The topological polar surface area (TPSA) is 25.8 Å². The predicted octanol–water partition coefficient (Wildman–Crippen LogP) is 16.2. The molecule has 0 fully saturated rings. The Kier molecular flexibility index (Phi) is 8.84. The van der Waals surface area contributed by atoms with Gasteiger partial charge >= 0.3 is 0 Å². The summed E-state index contributed by atoms with van der Waals surface area (Å²) in [7, 11) is 0. The summed E-state index contributed by atoms with van der Waals surface area (Å²) in [6, 6.07) is 81.3. The summed E-state index contributed by atoms with van der Waals surface area (Å²) < 4.78 is 2.60. The van der Waals surface area contributed by atoms with Crippen molar-refractivity contribution in [3.05, 3.63) is 241 Å². The number of fused-ring (bicyclic) bond motifs is 6. The van der Waals surface area contributed by atoms with Crippen LogP contribution in [0.2, 0.25) is 0 Å². The Hall–Kier alpha value is -7.72. The molecule has 12 rings (SSSR count). The molecule has 1 aliphatic rings. The highest BCUT2D eigenvalue weighted by Gasteiger charge is 2.40. The van der Waals surface area contributed by atoms with Gasteiger partial charge in [0.15, 0.2) is 5.82 Å². The van der Waals surface area contributed by atoms with Crippen molar-refractivity contribution >= 4 is 31.5 Å². The Morgan fingerprint density at radius 1 is 0.333 bits per heavy atom. The average molecular weight is 821 g/mol. The van der Waals surface area contributed by atoms with Gasteiger partial charge in [-0.25, -0.2) is 9.97 Å². The predicted molar refractivity (Wildman–Crippen MR) is 265 cm³/mol. The molecule has 9 aromatic carbocycles. The molecule has 0 spiro atoms. The molecule has 0 aliphatic heterocycles. The van der Waals surface area contributed by atoms with Gasteiger partial charge in [-0.3, -0.25) is 0 Å². The fraction of sp³-hybridized carbons (Fsp3) is 0.0333. The van der Waals surface area contributed by atoms with Gasteiger partial charge in [-0.1, -0.05) is 170 Å². The van der Waals surface area contributed by atoms with E-state index in [1.165, 1.54) is 64.7 Å². The van der Waals surface area contributed by atoms with Crippen molar-refractivity contribution in [2.45, 2.75) is 12.3 Å². The van der Waals surface area contributed by atoms with E-state index in [1.54, 1.807) is 0 Å². The molecule has 0 amide bonds. The summed E-state index contributed by atoms with van der Waals surface area (Å²) in [5.41, 5.74) is 18.0. The first-order chi connectivity index (χ1) is 31.1. The summed E-state index contributed by atoms with van der Waals surface area (Å²) in [6.45, 7) is 2.36. The van der Waals surface area contributed by atoms with Crippen LogP contribution in [0.4, 0.5) is 0 Å². The van der Waals surface area contributed by atoms with Crippen molar-refractivity contribution in [3.8, 4) is 78.4 Å². The van der Waals surface area contributed by atoms with E-state index < -0.39 is 0 Å². The third-order valence-electron chi connectivity index (χ3n) is 13.0. The lowest BCUT2D eigenvalue weighted by Crippen LogP contribution is -2.22. The van der Waals surface area contributed by atoms with Crippen molar-refractivity contribution in [1.82, 2.24) is 9.97 Å². The van der Waals surface area contributed by atoms with Crippen LogP contribution >= 0.6 is 11.3 Å². The van der Waals surface area contributed by atoms with Crippen LogP contribution < -0.4 is 0 Å². The Balaban J connectivity index is 1.06. The van der Waals surface area contributed by atoms with Crippen molar-refractivity contribution in [2.24, 2.45) is 0 Å². The van der Waals surface area contributed by atoms with Crippen molar-refractivity contribution in [3.63, 3.8) is 0 Å². The quantitative estimate of drug-likeness (QED) is 0.160. The maximum Gasteiger partial charge on any atom is 0.160 e. The number of nitrogens with zero attached hydrogens (tertiary/aromatic N) is 2. The zero-order valence-corrected chi connectivity index (χ0v) is 35.5. The monoisotopic (exact) mass is 820 g/mol. The first-order valence-corrected chi connectivity index (χ1v) is 22.4. The number of aromatic nitrogens is 2. The molecule has 1 unspecified atom stereocenters. The molecule has 2 nitrogen and oxygen atoms in total. The Labute approximate surface area is 371 Å². The molecule has 2 aromatic heterocycles. The molecular weight excluding hydrogens is 781 g/mol. The van der Waals surface area contributed by atoms with Gasteiger partial charge in [-0.15, -0.1) is 11.3 Å². The van der Waals surface area contributed by atoms with Crippen molar-refractivity contribution in [2.75, 3.05) is 0 Å². The van der Waals surface area contributed by atoms with Crippen LogP contribution in [0.3, 0.4) is 0 Å². The summed E-state index contributed by atoms with van der Waals surface area (Å²) >= 11 is 1.85. The van der Waals surface area contributed by atoms with Crippen LogP contribution in [0.15, 0.2) is 224 Å². The third-order valence-corrected chi connectivity index (χ3v) is 14.1. The van der Waals surface area contributed by atoms with E-state index in [2.05, 4.69) is 225 Å². The van der Waals surface area contributed by atoms with Crippen molar-refractivity contribution < 1.29 is 0 Å². The highest BCUT2D eigenvalue weighted by molar-refractivity contribution is 7.25. The van der Waals surface area contributed by atoms with Gasteiger partial charge in [0.2, 0.25) is 0 Å². The second-order valence-electron chi connectivity index (χ2n) is 16.7. The molecule has 0 radical (unpaired) electrons. The first kappa shape index (κ1) is 37.1. The van der Waals surface area contributed by atoms with Gasteiger partial charge < -0.3 is 0 Å². The second-order valence-corrected chi connectivity index (χ2v) is 17.8. The summed E-state index contributed by atoms with van der Waals surface area (Å²) in [4.78, 5) is 10.7. The molecule has 1 aliphatic carbocycles. The first-order valence-electron chi connectivity index (χ1n) is 21.5. The fourth-order valence-electron chi connectivity index (χ4n) is 9.73. The highest BCUT2D eigenvalue weighted by atomic mass is 32.1. The molecule has 2 heterocycles. The summed E-state index contributed by atoms with van der Waals surface area (Å²) in [6.07, 6.45) is 0. The summed E-state index contributed by atoms with van der Waals surface area (Å²) in [5, 5.41) is 2.57. The number of rotatable bonds is 7. The normalized spacial score (nSPS) is 14.2. The molecule has 0 bridgehead atoms. The molecule has 63 heavy (non-hydrogen) atoms. The molecular formula is C60H40N2S. The Morgan fingerprint density at radius 3 is 1.65 bits per heavy atom. The minimum atomic E-state index is -0.273. The molecule has 1 atom stereocenters.